The van der Waals surface area contributed by atoms with Crippen LogP contribution in [0.3, 0.4) is 0 Å². The highest BCUT2D eigenvalue weighted by Gasteiger charge is 2.32. The van der Waals surface area contributed by atoms with Crippen molar-refractivity contribution in [3.8, 4) is 0 Å². The van der Waals surface area contributed by atoms with E-state index in [1.54, 1.807) is 0 Å². The summed E-state index contributed by atoms with van der Waals surface area (Å²) >= 11 is 0. The summed E-state index contributed by atoms with van der Waals surface area (Å²) in [5.41, 5.74) is 0. The molecule has 1 saturated heterocycles. The first-order valence-electron chi connectivity index (χ1n) is 5.82. The molecule has 0 spiro atoms. The smallest absolute Gasteiger partial charge is 0.223 e. The van der Waals surface area contributed by atoms with E-state index in [2.05, 4.69) is 10.2 Å². The first kappa shape index (κ1) is 10.9. The molecule has 1 aliphatic heterocycles. The molecule has 1 saturated carbocycles. The van der Waals surface area contributed by atoms with Gasteiger partial charge >= 0.3 is 0 Å². The van der Waals surface area contributed by atoms with Crippen molar-refractivity contribution in [3.63, 3.8) is 0 Å². The highest BCUT2D eigenvalue weighted by molar-refractivity contribution is 5.81. The largest absolute Gasteiger partial charge is 0.392 e. The first-order valence-corrected chi connectivity index (χ1v) is 5.82. The maximum atomic E-state index is 11.6. The van der Waals surface area contributed by atoms with E-state index in [9.17, 15) is 9.90 Å². The number of nitrogens with one attached hydrogen (secondary N) is 1. The summed E-state index contributed by atoms with van der Waals surface area (Å²) in [6, 6.07) is 0.165. The molecule has 15 heavy (non-hydrogen) atoms. The third-order valence-electron chi connectivity index (χ3n) is 3.23. The van der Waals surface area contributed by atoms with Gasteiger partial charge in [0.05, 0.1) is 6.10 Å². The molecule has 1 heterocycles. The number of carbonyl (C=O) groups is 1. The van der Waals surface area contributed by atoms with Crippen LogP contribution >= 0.6 is 0 Å². The first-order chi connectivity index (χ1) is 7.15. The van der Waals surface area contributed by atoms with Crippen LogP contribution < -0.4 is 5.32 Å². The summed E-state index contributed by atoms with van der Waals surface area (Å²) in [5, 5.41) is 12.8. The zero-order valence-corrected chi connectivity index (χ0v) is 9.28. The predicted octanol–water partition coefficient (Wildman–Crippen LogP) is -0.0323. The van der Waals surface area contributed by atoms with Crippen LogP contribution in [-0.4, -0.2) is 48.2 Å². The Morgan fingerprint density at radius 2 is 2.13 bits per heavy atom. The van der Waals surface area contributed by atoms with E-state index >= 15 is 0 Å². The summed E-state index contributed by atoms with van der Waals surface area (Å²) in [7, 11) is 2.01. The van der Waals surface area contributed by atoms with Crippen molar-refractivity contribution in [2.24, 2.45) is 5.92 Å². The number of hydrogen-bond acceptors (Lipinski definition) is 3. The van der Waals surface area contributed by atoms with Crippen LogP contribution in [0, 0.1) is 5.92 Å². The summed E-state index contributed by atoms with van der Waals surface area (Å²) in [4.78, 5) is 13.7. The van der Waals surface area contributed by atoms with E-state index in [1.165, 1.54) is 0 Å². The summed E-state index contributed by atoms with van der Waals surface area (Å²) in [5.74, 6) is 0.458. The van der Waals surface area contributed by atoms with E-state index in [1.807, 2.05) is 7.05 Å². The second kappa shape index (κ2) is 4.49. The normalized spacial score (nSPS) is 33.5. The minimum absolute atomic E-state index is 0.165. The van der Waals surface area contributed by atoms with E-state index in [0.717, 1.165) is 32.4 Å². The molecule has 2 atom stereocenters. The van der Waals surface area contributed by atoms with Gasteiger partial charge in [-0.15, -0.1) is 0 Å². The number of likely N-dealkylation sites (tertiary alicyclic amines) is 1. The highest BCUT2D eigenvalue weighted by Crippen LogP contribution is 2.29. The van der Waals surface area contributed by atoms with Crippen molar-refractivity contribution in [3.05, 3.63) is 0 Å². The number of carbonyl (C=O) groups excluding carboxylic acids is 1. The lowest BCUT2D eigenvalue weighted by molar-refractivity contribution is -0.123. The van der Waals surface area contributed by atoms with Gasteiger partial charge in [0, 0.05) is 18.5 Å². The Hall–Kier alpha value is -0.610. The van der Waals surface area contributed by atoms with Gasteiger partial charge in [0.1, 0.15) is 0 Å². The van der Waals surface area contributed by atoms with Crippen LogP contribution in [0.5, 0.6) is 0 Å². The van der Waals surface area contributed by atoms with Gasteiger partial charge < -0.3 is 15.3 Å². The average Bonchev–Trinajstić information content (AvgIpc) is 2.94. The van der Waals surface area contributed by atoms with Crippen LogP contribution in [0.15, 0.2) is 0 Å². The molecule has 2 aliphatic rings. The van der Waals surface area contributed by atoms with Crippen LogP contribution in [0.2, 0.25) is 0 Å². The van der Waals surface area contributed by atoms with Gasteiger partial charge in [0.15, 0.2) is 0 Å². The van der Waals surface area contributed by atoms with Gasteiger partial charge in [0.2, 0.25) is 5.91 Å². The molecule has 0 unspecified atom stereocenters. The van der Waals surface area contributed by atoms with Crippen molar-refractivity contribution in [2.75, 3.05) is 20.1 Å². The molecule has 0 aromatic carbocycles. The van der Waals surface area contributed by atoms with Crippen molar-refractivity contribution < 1.29 is 9.90 Å². The van der Waals surface area contributed by atoms with E-state index < -0.39 is 0 Å². The monoisotopic (exact) mass is 212 g/mol. The van der Waals surface area contributed by atoms with Gasteiger partial charge in [0.25, 0.3) is 0 Å². The maximum Gasteiger partial charge on any atom is 0.223 e. The van der Waals surface area contributed by atoms with Gasteiger partial charge in [-0.25, -0.2) is 0 Å². The molecule has 0 aromatic heterocycles. The Kier molecular flexibility index (Phi) is 3.26. The summed E-state index contributed by atoms with van der Waals surface area (Å²) in [6.07, 6.45) is 3.43. The van der Waals surface area contributed by atoms with Gasteiger partial charge in [-0.05, 0) is 39.3 Å². The van der Waals surface area contributed by atoms with Gasteiger partial charge in [-0.1, -0.05) is 0 Å². The Bertz CT molecular complexity index is 241. The number of aliphatic hydroxyl groups excluding tert-OH is 1. The summed E-state index contributed by atoms with van der Waals surface area (Å²) < 4.78 is 0. The molecule has 2 fully saturated rings. The zero-order valence-electron chi connectivity index (χ0n) is 9.28. The number of hydrogen-bond donors (Lipinski definition) is 2. The molecule has 4 heteroatoms. The standard InChI is InChI=1S/C11H20N2O2/c1-13-5-4-9(6-10(14)7-13)12-11(15)8-2-3-8/h8-10,14H,2-7H2,1H3,(H,12,15)/t9-,10-/m0/s1. The lowest BCUT2D eigenvalue weighted by Gasteiger charge is -2.17. The number of amides is 1. The third kappa shape index (κ3) is 3.18. The fraction of sp³-hybridized carbons (Fsp3) is 0.909. The van der Waals surface area contributed by atoms with Crippen molar-refractivity contribution in [1.82, 2.24) is 10.2 Å². The van der Waals surface area contributed by atoms with Crippen molar-refractivity contribution in [1.29, 1.82) is 0 Å². The van der Waals surface area contributed by atoms with Crippen LogP contribution in [0.1, 0.15) is 25.7 Å². The fourth-order valence-electron chi connectivity index (χ4n) is 2.14. The molecule has 0 bridgehead atoms. The van der Waals surface area contributed by atoms with Crippen LogP contribution in [0.4, 0.5) is 0 Å². The molecule has 2 rings (SSSR count). The minimum Gasteiger partial charge on any atom is -0.392 e. The Morgan fingerprint density at radius 1 is 1.40 bits per heavy atom. The third-order valence-corrected chi connectivity index (χ3v) is 3.23. The average molecular weight is 212 g/mol. The number of likely N-dealkylation sites (N-methyl/N-ethyl adjacent to an activating group) is 1. The molecule has 4 nitrogen and oxygen atoms in total. The number of rotatable bonds is 2. The number of β-amino-alcohol motifs (C(OH)–C–C–N with tert-alkyl or cyclic N) is 1. The second-order valence-corrected chi connectivity index (χ2v) is 4.92. The molecule has 86 valence electrons. The quantitative estimate of drug-likeness (QED) is 0.676. The minimum atomic E-state index is -0.304. The fourth-order valence-corrected chi connectivity index (χ4v) is 2.14. The van der Waals surface area contributed by atoms with Crippen molar-refractivity contribution >= 4 is 5.91 Å². The molecule has 0 radical (unpaired) electrons. The lowest BCUT2D eigenvalue weighted by Crippen LogP contribution is -2.37. The molecule has 0 aromatic rings. The van der Waals surface area contributed by atoms with E-state index in [-0.39, 0.29) is 24.0 Å². The SMILES string of the molecule is CN1CC[C@H](NC(=O)C2CC2)C[C@H](O)C1. The predicted molar refractivity (Wildman–Crippen MR) is 57.4 cm³/mol. The molecule has 1 aliphatic carbocycles. The van der Waals surface area contributed by atoms with Crippen LogP contribution in [-0.2, 0) is 4.79 Å². The van der Waals surface area contributed by atoms with Crippen molar-refractivity contribution in [2.45, 2.75) is 37.8 Å². The molecular weight excluding hydrogens is 192 g/mol. The van der Waals surface area contributed by atoms with E-state index in [4.69, 9.17) is 0 Å². The lowest BCUT2D eigenvalue weighted by atomic mass is 10.1. The molecular formula is C11H20N2O2. The number of nitrogens with zero attached hydrogens (tertiary/aromatic N) is 1. The van der Waals surface area contributed by atoms with E-state index in [0.29, 0.717) is 6.42 Å². The van der Waals surface area contributed by atoms with Gasteiger partial charge in [-0.3, -0.25) is 4.79 Å². The maximum absolute atomic E-state index is 11.6. The number of aliphatic hydroxyl groups is 1. The Labute approximate surface area is 90.6 Å². The second-order valence-electron chi connectivity index (χ2n) is 4.92. The van der Waals surface area contributed by atoms with Gasteiger partial charge in [-0.2, -0.15) is 0 Å². The van der Waals surface area contributed by atoms with Crippen LogP contribution in [0.25, 0.3) is 0 Å². The molecule has 1 amide bonds. The Morgan fingerprint density at radius 3 is 2.80 bits per heavy atom. The topological polar surface area (TPSA) is 52.6 Å². The molecule has 2 N–H and O–H groups in total. The Balaban J connectivity index is 1.82. The zero-order chi connectivity index (χ0) is 10.8. The summed E-state index contributed by atoms with van der Waals surface area (Å²) in [6.45, 7) is 1.67. The highest BCUT2D eigenvalue weighted by atomic mass is 16.3.